The van der Waals surface area contributed by atoms with E-state index in [2.05, 4.69) is 15.3 Å². The molecule has 8 heteroatoms. The number of nitrogens with one attached hydrogen (secondary N) is 1. The Morgan fingerprint density at radius 3 is 2.64 bits per heavy atom. The van der Waals surface area contributed by atoms with Crippen molar-refractivity contribution in [3.8, 4) is 11.3 Å². The fraction of sp³-hybridized carbons (Fsp3) is 0.500. The summed E-state index contributed by atoms with van der Waals surface area (Å²) < 4.78 is 5.46. The Bertz CT molecular complexity index is 847. The predicted octanol–water partition coefficient (Wildman–Crippen LogP) is 2.31. The number of rotatable bonds is 4. The van der Waals surface area contributed by atoms with E-state index in [1.54, 1.807) is 32.5 Å². The minimum Gasteiger partial charge on any atom is -0.387 e. The molecule has 0 radical (unpaired) electrons. The molecule has 8 nitrogen and oxygen atoms in total. The second-order valence-corrected chi connectivity index (χ2v) is 7.36. The number of hydrogen-bond donors (Lipinski definition) is 2. The van der Waals surface area contributed by atoms with Crippen LogP contribution in [-0.4, -0.2) is 51.8 Å². The molecule has 2 aromatic rings. The van der Waals surface area contributed by atoms with Crippen LogP contribution in [0.1, 0.15) is 44.4 Å². The van der Waals surface area contributed by atoms with Crippen molar-refractivity contribution in [2.75, 3.05) is 23.9 Å². The number of carbonyl (C=O) groups excluding carboxylic acids is 1. The van der Waals surface area contributed by atoms with Crippen LogP contribution >= 0.6 is 0 Å². The average Bonchev–Trinajstić information content (AvgIpc) is 2.73. The first-order chi connectivity index (χ1) is 13.6. The van der Waals surface area contributed by atoms with Gasteiger partial charge in [-0.25, -0.2) is 9.97 Å². The van der Waals surface area contributed by atoms with Crippen LogP contribution in [0, 0.1) is 0 Å². The first kappa shape index (κ1) is 18.8. The molecule has 1 aliphatic heterocycles. The smallest absolute Gasteiger partial charge is 0.247 e. The number of anilines is 2. The van der Waals surface area contributed by atoms with Gasteiger partial charge in [0.15, 0.2) is 11.6 Å². The molecule has 148 valence electrons. The first-order valence-corrected chi connectivity index (χ1v) is 9.67. The third kappa shape index (κ3) is 3.57. The molecule has 28 heavy (non-hydrogen) atoms. The molecule has 1 fully saturated rings. The molecule has 1 atom stereocenters. The molecular weight excluding hydrogens is 358 g/mol. The van der Waals surface area contributed by atoms with Gasteiger partial charge in [-0.3, -0.25) is 14.7 Å². The number of pyridine rings is 1. The maximum Gasteiger partial charge on any atom is 0.247 e. The highest BCUT2D eigenvalue weighted by Crippen LogP contribution is 2.34. The number of methoxy groups -OCH3 is 1. The lowest BCUT2D eigenvalue weighted by atomic mass is 9.91. The Morgan fingerprint density at radius 1 is 1.21 bits per heavy atom. The van der Waals surface area contributed by atoms with Crippen molar-refractivity contribution < 1.29 is 14.6 Å². The fourth-order valence-electron chi connectivity index (χ4n) is 3.89. The van der Waals surface area contributed by atoms with Gasteiger partial charge < -0.3 is 15.2 Å². The first-order valence-electron chi connectivity index (χ1n) is 9.67. The van der Waals surface area contributed by atoms with Crippen molar-refractivity contribution in [3.63, 3.8) is 0 Å². The van der Waals surface area contributed by atoms with Crippen LogP contribution in [0.4, 0.5) is 11.6 Å². The highest BCUT2D eigenvalue weighted by Gasteiger charge is 2.35. The Balaban J connectivity index is 1.64. The quantitative estimate of drug-likeness (QED) is 0.835. The summed E-state index contributed by atoms with van der Waals surface area (Å²) in [4.78, 5) is 28.0. The van der Waals surface area contributed by atoms with Gasteiger partial charge in [0.25, 0.3) is 0 Å². The van der Waals surface area contributed by atoms with Gasteiger partial charge >= 0.3 is 0 Å². The second-order valence-electron chi connectivity index (χ2n) is 7.36. The average molecular weight is 383 g/mol. The number of fused-ring (bicyclic) bond motifs is 1. The number of carbonyl (C=O) groups is 1. The van der Waals surface area contributed by atoms with Gasteiger partial charge in [0.05, 0.1) is 36.3 Å². The maximum absolute atomic E-state index is 12.7. The molecule has 1 unspecified atom stereocenters. The summed E-state index contributed by atoms with van der Waals surface area (Å²) in [6.45, 7) is 1.91. The Morgan fingerprint density at radius 2 is 2.00 bits per heavy atom. The maximum atomic E-state index is 12.7. The minimum atomic E-state index is -0.622. The van der Waals surface area contributed by atoms with Gasteiger partial charge in [-0.15, -0.1) is 0 Å². The molecule has 0 spiro atoms. The summed E-state index contributed by atoms with van der Waals surface area (Å²) in [5, 5.41) is 12.7. The second kappa shape index (κ2) is 7.81. The molecule has 2 N–H and O–H groups in total. The molecule has 2 aromatic heterocycles. The van der Waals surface area contributed by atoms with E-state index in [1.807, 2.05) is 11.0 Å². The molecule has 1 saturated carbocycles. The van der Waals surface area contributed by atoms with Crippen LogP contribution in [0.2, 0.25) is 0 Å². The van der Waals surface area contributed by atoms with Gasteiger partial charge in [-0.1, -0.05) is 0 Å². The lowest BCUT2D eigenvalue weighted by Crippen LogP contribution is -2.49. The monoisotopic (exact) mass is 383 g/mol. The van der Waals surface area contributed by atoms with Crippen molar-refractivity contribution in [2.24, 2.45) is 0 Å². The number of aromatic nitrogens is 3. The van der Waals surface area contributed by atoms with E-state index in [0.717, 1.165) is 31.2 Å². The van der Waals surface area contributed by atoms with Gasteiger partial charge in [0.1, 0.15) is 0 Å². The summed E-state index contributed by atoms with van der Waals surface area (Å²) in [7, 11) is 1.74. The summed E-state index contributed by atoms with van der Waals surface area (Å²) in [5.74, 6) is 1.22. The van der Waals surface area contributed by atoms with E-state index >= 15 is 0 Å². The van der Waals surface area contributed by atoms with Gasteiger partial charge in [-0.05, 0) is 44.7 Å². The fourth-order valence-corrected chi connectivity index (χ4v) is 3.89. The van der Waals surface area contributed by atoms with Gasteiger partial charge in [0.2, 0.25) is 5.91 Å². The van der Waals surface area contributed by atoms with Gasteiger partial charge in [-0.2, -0.15) is 0 Å². The lowest BCUT2D eigenvalue weighted by molar-refractivity contribution is -0.118. The molecule has 0 aromatic carbocycles. The van der Waals surface area contributed by atoms with Crippen molar-refractivity contribution in [1.29, 1.82) is 0 Å². The van der Waals surface area contributed by atoms with E-state index in [4.69, 9.17) is 9.72 Å². The normalized spacial score (nSPS) is 23.1. The van der Waals surface area contributed by atoms with E-state index in [0.29, 0.717) is 23.0 Å². The van der Waals surface area contributed by atoms with Crippen molar-refractivity contribution >= 4 is 17.5 Å². The zero-order valence-electron chi connectivity index (χ0n) is 16.1. The number of hydrogen-bond acceptors (Lipinski definition) is 7. The highest BCUT2D eigenvalue weighted by atomic mass is 16.5. The molecular formula is C20H25N5O3. The van der Waals surface area contributed by atoms with Gasteiger partial charge in [0, 0.05) is 24.9 Å². The molecule has 0 saturated heterocycles. The van der Waals surface area contributed by atoms with Crippen LogP contribution in [0.25, 0.3) is 11.3 Å². The molecule has 1 aliphatic carbocycles. The molecule has 2 aliphatic rings. The van der Waals surface area contributed by atoms with Crippen molar-refractivity contribution in [3.05, 3.63) is 30.2 Å². The topological polar surface area (TPSA) is 100 Å². The standard InChI is InChI=1S/C20H25N5O3/c1-12(26)16-8-3-13(9-21-16)17-10-22-19-20(24-17)25(18(27)11-23-19)14-4-6-15(28-2)7-5-14/h3,8-10,12,14-15,26H,4-7,11H2,1-2H3,(H,22,23). The lowest BCUT2D eigenvalue weighted by Gasteiger charge is -2.38. The van der Waals surface area contributed by atoms with Crippen molar-refractivity contribution in [2.45, 2.75) is 50.9 Å². The SMILES string of the molecule is COC1CCC(N2C(=O)CNc3ncc(-c4ccc(C(C)O)nc4)nc32)CC1. The number of aliphatic hydroxyl groups is 1. The minimum absolute atomic E-state index is 0.0161. The number of nitrogens with zero attached hydrogens (tertiary/aromatic N) is 4. The highest BCUT2D eigenvalue weighted by molar-refractivity contribution is 6.01. The zero-order valence-corrected chi connectivity index (χ0v) is 16.1. The summed E-state index contributed by atoms with van der Waals surface area (Å²) in [6.07, 6.45) is 6.65. The summed E-state index contributed by atoms with van der Waals surface area (Å²) in [5.41, 5.74) is 2.04. The van der Waals surface area contributed by atoms with Crippen molar-refractivity contribution in [1.82, 2.24) is 15.0 Å². The van der Waals surface area contributed by atoms with E-state index in [-0.39, 0.29) is 24.6 Å². The Kier molecular flexibility index (Phi) is 5.23. The van der Waals surface area contributed by atoms with Crippen LogP contribution < -0.4 is 10.2 Å². The third-order valence-electron chi connectivity index (χ3n) is 5.51. The van der Waals surface area contributed by atoms with Crippen LogP contribution in [0.15, 0.2) is 24.5 Å². The Hall–Kier alpha value is -2.58. The third-order valence-corrected chi connectivity index (χ3v) is 5.51. The molecule has 1 amide bonds. The van der Waals surface area contributed by atoms with Crippen LogP contribution in [-0.2, 0) is 9.53 Å². The summed E-state index contributed by atoms with van der Waals surface area (Å²) >= 11 is 0. The largest absolute Gasteiger partial charge is 0.387 e. The number of aliphatic hydroxyl groups excluding tert-OH is 1. The van der Waals surface area contributed by atoms with Crippen LogP contribution in [0.3, 0.4) is 0 Å². The van der Waals surface area contributed by atoms with Crippen LogP contribution in [0.5, 0.6) is 0 Å². The van der Waals surface area contributed by atoms with E-state index < -0.39 is 6.10 Å². The van der Waals surface area contributed by atoms with E-state index in [9.17, 15) is 9.90 Å². The van der Waals surface area contributed by atoms with E-state index in [1.165, 1.54) is 0 Å². The Labute approximate surface area is 164 Å². The number of amides is 1. The molecule has 4 rings (SSSR count). The number of ether oxygens (including phenoxy) is 1. The summed E-state index contributed by atoms with van der Waals surface area (Å²) in [6, 6.07) is 3.74. The zero-order chi connectivity index (χ0) is 19.7. The molecule has 0 bridgehead atoms. The molecule has 3 heterocycles. The predicted molar refractivity (Wildman–Crippen MR) is 105 cm³/mol.